The Morgan fingerprint density at radius 3 is 2.33 bits per heavy atom. The van der Waals surface area contributed by atoms with E-state index in [0.29, 0.717) is 0 Å². The van der Waals surface area contributed by atoms with Gasteiger partial charge in [-0.3, -0.25) is 5.41 Å². The normalized spacial score (nSPS) is 12.7. The second-order valence-corrected chi connectivity index (χ2v) is 1.64. The predicted molar refractivity (Wildman–Crippen MR) is 31.7 cm³/mol. The van der Waals surface area contributed by atoms with Gasteiger partial charge in [0.15, 0.2) is 0 Å². The van der Waals surface area contributed by atoms with E-state index in [-0.39, 0.29) is 6.42 Å². The summed E-state index contributed by atoms with van der Waals surface area (Å²) in [6.45, 7) is 1.61. The van der Waals surface area contributed by atoms with Gasteiger partial charge in [0, 0.05) is 0 Å². The van der Waals surface area contributed by atoms with E-state index >= 15 is 0 Å². The predicted octanol–water partition coefficient (Wildman–Crippen LogP) is -0.138. The Balaban J connectivity index is 3.88. The number of rotatable bonds is 3. The Hall–Kier alpha value is -0.900. The highest BCUT2D eigenvalue weighted by Crippen LogP contribution is 1.91. The molecule has 0 rings (SSSR count). The average molecular weight is 131 g/mol. The van der Waals surface area contributed by atoms with Gasteiger partial charge in [-0.05, 0) is 6.42 Å². The molecule has 0 aromatic rings. The highest BCUT2D eigenvalue weighted by atomic mass is 16.4. The van der Waals surface area contributed by atoms with Crippen molar-refractivity contribution in [1.29, 1.82) is 5.41 Å². The Bertz CT molecular complexity index is 132. The molecule has 4 heteroatoms. The van der Waals surface area contributed by atoms with Crippen LogP contribution < -0.4 is 0 Å². The molecule has 3 N–H and O–H groups in total. The lowest BCUT2D eigenvalue weighted by atomic mass is 10.2. The Kier molecular flexibility index (Phi) is 2.87. The van der Waals surface area contributed by atoms with Crippen LogP contribution in [0.1, 0.15) is 13.3 Å². The lowest BCUT2D eigenvalue weighted by Gasteiger charge is -2.02. The third-order valence-corrected chi connectivity index (χ3v) is 0.950. The fourth-order valence-electron chi connectivity index (χ4n) is 0.347. The largest absolute Gasteiger partial charge is 0.477 e. The van der Waals surface area contributed by atoms with Crippen molar-refractivity contribution in [2.45, 2.75) is 19.4 Å². The molecule has 0 aliphatic carbocycles. The maximum atomic E-state index is 9.92. The zero-order valence-electron chi connectivity index (χ0n) is 5.09. The van der Waals surface area contributed by atoms with Gasteiger partial charge in [0.25, 0.3) is 0 Å². The molecule has 0 radical (unpaired) electrons. The third kappa shape index (κ3) is 2.23. The summed E-state index contributed by atoms with van der Waals surface area (Å²) in [7, 11) is 0. The van der Waals surface area contributed by atoms with Crippen LogP contribution in [0.5, 0.6) is 0 Å². The fourth-order valence-corrected chi connectivity index (χ4v) is 0.347. The van der Waals surface area contributed by atoms with Crippen LogP contribution in [0, 0.1) is 5.41 Å². The minimum Gasteiger partial charge on any atom is -0.477 e. The minimum absolute atomic E-state index is 0.269. The number of hydrogen-bond donors (Lipinski definition) is 3. The van der Waals surface area contributed by atoms with Gasteiger partial charge in [-0.1, -0.05) is 6.92 Å². The molecule has 1 unspecified atom stereocenters. The maximum absolute atomic E-state index is 9.92. The summed E-state index contributed by atoms with van der Waals surface area (Å²) in [5.41, 5.74) is -0.641. The molecule has 0 saturated carbocycles. The van der Waals surface area contributed by atoms with E-state index in [4.69, 9.17) is 15.6 Å². The zero-order chi connectivity index (χ0) is 7.44. The molecule has 0 aromatic carbocycles. The molecular weight excluding hydrogens is 122 g/mol. The molecule has 0 heterocycles. The minimum atomic E-state index is -1.36. The van der Waals surface area contributed by atoms with Gasteiger partial charge in [-0.15, -0.1) is 0 Å². The van der Waals surface area contributed by atoms with E-state index in [1.807, 2.05) is 0 Å². The lowest BCUT2D eigenvalue weighted by Crippen LogP contribution is -2.26. The standard InChI is InChI=1S/C5H9NO3/c1-2-3(7)4(6)5(8)9/h3,6-7H,2H2,1H3,(H,8,9). The first-order chi connectivity index (χ1) is 4.09. The molecule has 0 saturated heterocycles. The molecule has 0 fully saturated rings. The summed E-state index contributed by atoms with van der Waals surface area (Å²) in [5.74, 6) is -1.36. The van der Waals surface area contributed by atoms with E-state index in [2.05, 4.69) is 0 Å². The molecule has 9 heavy (non-hydrogen) atoms. The van der Waals surface area contributed by atoms with Crippen LogP contribution in [0.15, 0.2) is 0 Å². The maximum Gasteiger partial charge on any atom is 0.352 e. The van der Waals surface area contributed by atoms with Gasteiger partial charge in [-0.2, -0.15) is 0 Å². The Morgan fingerprint density at radius 1 is 1.78 bits per heavy atom. The summed E-state index contributed by atoms with van der Waals surface area (Å²) in [6.07, 6.45) is -0.854. The number of nitrogens with one attached hydrogen (secondary N) is 1. The van der Waals surface area contributed by atoms with Crippen LogP contribution >= 0.6 is 0 Å². The quantitative estimate of drug-likeness (QED) is 0.466. The van der Waals surface area contributed by atoms with Crippen molar-refractivity contribution < 1.29 is 15.0 Å². The van der Waals surface area contributed by atoms with E-state index < -0.39 is 17.8 Å². The molecule has 1 atom stereocenters. The second kappa shape index (κ2) is 3.19. The number of carboxylic acid groups (broad SMARTS) is 1. The number of carboxylic acids is 1. The number of carbonyl (C=O) groups is 1. The Morgan fingerprint density at radius 2 is 2.22 bits per heavy atom. The third-order valence-electron chi connectivity index (χ3n) is 0.950. The monoisotopic (exact) mass is 131 g/mol. The number of aliphatic hydroxyl groups excluding tert-OH is 1. The molecule has 0 spiro atoms. The van der Waals surface area contributed by atoms with Crippen LogP contribution in [0.4, 0.5) is 0 Å². The van der Waals surface area contributed by atoms with Crippen molar-refractivity contribution in [3.05, 3.63) is 0 Å². The molecular formula is C5H9NO3. The number of aliphatic hydroxyl groups is 1. The van der Waals surface area contributed by atoms with Gasteiger partial charge in [-0.25, -0.2) is 4.79 Å². The van der Waals surface area contributed by atoms with E-state index in [9.17, 15) is 4.79 Å². The first-order valence-electron chi connectivity index (χ1n) is 2.59. The average Bonchev–Trinajstić information content (AvgIpc) is 1.84. The molecule has 0 aromatic heterocycles. The summed E-state index contributed by atoms with van der Waals surface area (Å²) in [4.78, 5) is 9.92. The van der Waals surface area contributed by atoms with Crippen molar-refractivity contribution in [2.24, 2.45) is 0 Å². The van der Waals surface area contributed by atoms with Crippen LogP contribution in [-0.4, -0.2) is 28.0 Å². The number of aliphatic carboxylic acids is 1. The molecule has 0 aliphatic rings. The van der Waals surface area contributed by atoms with Gasteiger partial charge in [0.2, 0.25) is 0 Å². The van der Waals surface area contributed by atoms with Crippen LogP contribution in [0.3, 0.4) is 0 Å². The summed E-state index contributed by atoms with van der Waals surface area (Å²) < 4.78 is 0. The molecule has 0 aliphatic heterocycles. The van der Waals surface area contributed by atoms with E-state index in [1.54, 1.807) is 6.92 Å². The van der Waals surface area contributed by atoms with Gasteiger partial charge < -0.3 is 10.2 Å². The van der Waals surface area contributed by atoms with Crippen LogP contribution in [-0.2, 0) is 4.79 Å². The van der Waals surface area contributed by atoms with Gasteiger partial charge in [0.05, 0.1) is 0 Å². The van der Waals surface area contributed by atoms with E-state index in [0.717, 1.165) is 0 Å². The van der Waals surface area contributed by atoms with Gasteiger partial charge >= 0.3 is 5.97 Å². The molecule has 0 amide bonds. The highest BCUT2D eigenvalue weighted by Gasteiger charge is 2.14. The lowest BCUT2D eigenvalue weighted by molar-refractivity contribution is -0.130. The van der Waals surface area contributed by atoms with Crippen molar-refractivity contribution in [3.63, 3.8) is 0 Å². The first-order valence-corrected chi connectivity index (χ1v) is 2.59. The zero-order valence-corrected chi connectivity index (χ0v) is 5.09. The van der Waals surface area contributed by atoms with Crippen molar-refractivity contribution in [1.82, 2.24) is 0 Å². The Labute approximate surface area is 52.6 Å². The molecule has 0 bridgehead atoms. The van der Waals surface area contributed by atoms with Crippen LogP contribution in [0.2, 0.25) is 0 Å². The summed E-state index contributed by atoms with van der Waals surface area (Å²) in [5, 5.41) is 23.5. The highest BCUT2D eigenvalue weighted by molar-refractivity contribution is 6.35. The first kappa shape index (κ1) is 8.10. The topological polar surface area (TPSA) is 81.4 Å². The SMILES string of the molecule is CCC(O)C(=N)C(=O)O. The molecule has 52 valence electrons. The van der Waals surface area contributed by atoms with Crippen molar-refractivity contribution >= 4 is 11.7 Å². The second-order valence-electron chi connectivity index (χ2n) is 1.64. The van der Waals surface area contributed by atoms with Crippen LogP contribution in [0.25, 0.3) is 0 Å². The number of hydrogen-bond acceptors (Lipinski definition) is 3. The van der Waals surface area contributed by atoms with Gasteiger partial charge in [0.1, 0.15) is 11.8 Å². The van der Waals surface area contributed by atoms with Crippen molar-refractivity contribution in [2.75, 3.05) is 0 Å². The fraction of sp³-hybridized carbons (Fsp3) is 0.600. The molecule has 4 nitrogen and oxygen atoms in total. The van der Waals surface area contributed by atoms with E-state index in [1.165, 1.54) is 0 Å². The summed E-state index contributed by atoms with van der Waals surface area (Å²) in [6, 6.07) is 0. The summed E-state index contributed by atoms with van der Waals surface area (Å²) >= 11 is 0. The van der Waals surface area contributed by atoms with Crippen molar-refractivity contribution in [3.8, 4) is 0 Å². The smallest absolute Gasteiger partial charge is 0.352 e.